The molecule has 3 aliphatic rings. The summed E-state index contributed by atoms with van der Waals surface area (Å²) in [5, 5.41) is 0.512. The number of nitrogens with zero attached hydrogens (tertiary/aromatic N) is 1. The first-order valence-corrected chi connectivity index (χ1v) is 5.88. The number of carbonyl (C=O) groups is 3. The second kappa shape index (κ2) is 3.72. The van der Waals surface area contributed by atoms with Crippen molar-refractivity contribution in [2.45, 2.75) is 38.2 Å². The Kier molecular flexibility index (Phi) is 2.31. The number of hydrogen-bond donors (Lipinski definition) is 0. The standard InChI is InChI=1S/C11H13NO5/c13-9-1-2-10(14)12(9)17-11(15)16-8-4-6-3-7(6)5-8/h6-8H,1-5H2/t6-,7+,8-. The van der Waals surface area contributed by atoms with E-state index in [0.717, 1.165) is 12.8 Å². The zero-order chi connectivity index (χ0) is 12.0. The van der Waals surface area contributed by atoms with Crippen LogP contribution in [0.1, 0.15) is 32.1 Å². The molecule has 6 nitrogen and oxygen atoms in total. The van der Waals surface area contributed by atoms with Crippen LogP contribution in [0.4, 0.5) is 4.79 Å². The fraction of sp³-hybridized carbons (Fsp3) is 0.727. The fourth-order valence-corrected chi connectivity index (χ4v) is 2.65. The van der Waals surface area contributed by atoms with Crippen molar-refractivity contribution in [3.63, 3.8) is 0 Å². The van der Waals surface area contributed by atoms with Gasteiger partial charge in [-0.3, -0.25) is 14.4 Å². The summed E-state index contributed by atoms with van der Waals surface area (Å²) in [5.74, 6) is 0.424. The maximum atomic E-state index is 11.4. The topological polar surface area (TPSA) is 72.9 Å². The van der Waals surface area contributed by atoms with Crippen LogP contribution in [0.15, 0.2) is 0 Å². The maximum absolute atomic E-state index is 11.4. The number of ether oxygens (including phenoxy) is 1. The van der Waals surface area contributed by atoms with E-state index in [2.05, 4.69) is 4.84 Å². The Hall–Kier alpha value is -1.59. The van der Waals surface area contributed by atoms with E-state index in [9.17, 15) is 14.4 Å². The van der Waals surface area contributed by atoms with Crippen LogP contribution in [0, 0.1) is 11.8 Å². The van der Waals surface area contributed by atoms with Crippen molar-refractivity contribution in [3.05, 3.63) is 0 Å². The van der Waals surface area contributed by atoms with E-state index < -0.39 is 18.0 Å². The van der Waals surface area contributed by atoms with E-state index in [1.165, 1.54) is 6.42 Å². The third-order valence-corrected chi connectivity index (χ3v) is 3.63. The third-order valence-electron chi connectivity index (χ3n) is 3.63. The molecule has 1 saturated heterocycles. The average molecular weight is 239 g/mol. The van der Waals surface area contributed by atoms with E-state index in [0.29, 0.717) is 16.9 Å². The second-order valence-electron chi connectivity index (χ2n) is 4.89. The predicted molar refractivity (Wildman–Crippen MR) is 53.3 cm³/mol. The van der Waals surface area contributed by atoms with Crippen LogP contribution in [0.2, 0.25) is 0 Å². The molecule has 0 aromatic carbocycles. The molecule has 1 aliphatic heterocycles. The second-order valence-corrected chi connectivity index (χ2v) is 4.89. The minimum atomic E-state index is -0.945. The molecule has 0 unspecified atom stereocenters. The molecular formula is C11H13NO5. The smallest absolute Gasteiger partial charge is 0.429 e. The highest BCUT2D eigenvalue weighted by atomic mass is 16.8. The molecule has 2 amide bonds. The lowest BCUT2D eigenvalue weighted by Gasteiger charge is -2.16. The molecule has 0 aromatic heterocycles. The summed E-state index contributed by atoms with van der Waals surface area (Å²) in [6.07, 6.45) is 2.12. The third kappa shape index (κ3) is 1.99. The Morgan fingerprint density at radius 1 is 1.06 bits per heavy atom. The van der Waals surface area contributed by atoms with Gasteiger partial charge < -0.3 is 4.74 Å². The monoisotopic (exact) mass is 239 g/mol. The number of rotatable bonds is 2. The average Bonchev–Trinajstić information content (AvgIpc) is 2.78. The van der Waals surface area contributed by atoms with Gasteiger partial charge in [0.2, 0.25) is 0 Å². The van der Waals surface area contributed by atoms with Crippen molar-refractivity contribution in [1.82, 2.24) is 5.06 Å². The highest BCUT2D eigenvalue weighted by Crippen LogP contribution is 2.52. The summed E-state index contributed by atoms with van der Waals surface area (Å²) in [6, 6.07) is 0. The van der Waals surface area contributed by atoms with E-state index in [4.69, 9.17) is 4.74 Å². The minimum Gasteiger partial charge on any atom is -0.429 e. The van der Waals surface area contributed by atoms with Crippen molar-refractivity contribution in [3.8, 4) is 0 Å². The maximum Gasteiger partial charge on any atom is 0.534 e. The summed E-state index contributed by atoms with van der Waals surface area (Å²) >= 11 is 0. The summed E-state index contributed by atoms with van der Waals surface area (Å²) < 4.78 is 5.06. The van der Waals surface area contributed by atoms with Crippen LogP contribution in [0.3, 0.4) is 0 Å². The zero-order valence-electron chi connectivity index (χ0n) is 9.26. The molecule has 0 bridgehead atoms. The summed E-state index contributed by atoms with van der Waals surface area (Å²) in [6.45, 7) is 0. The number of fused-ring (bicyclic) bond motifs is 1. The number of carbonyl (C=O) groups excluding carboxylic acids is 3. The normalized spacial score (nSPS) is 34.8. The van der Waals surface area contributed by atoms with Crippen LogP contribution < -0.4 is 0 Å². The van der Waals surface area contributed by atoms with Gasteiger partial charge in [0.05, 0.1) is 0 Å². The van der Waals surface area contributed by atoms with Crippen molar-refractivity contribution >= 4 is 18.0 Å². The van der Waals surface area contributed by atoms with Gasteiger partial charge in [-0.25, -0.2) is 4.79 Å². The van der Waals surface area contributed by atoms with Gasteiger partial charge in [0, 0.05) is 12.8 Å². The van der Waals surface area contributed by atoms with Gasteiger partial charge in [-0.1, -0.05) is 5.06 Å². The molecule has 0 spiro atoms. The highest BCUT2D eigenvalue weighted by Gasteiger charge is 2.47. The quantitative estimate of drug-likeness (QED) is 0.531. The first kappa shape index (κ1) is 10.6. The summed E-state index contributed by atoms with van der Waals surface area (Å²) in [5.41, 5.74) is 0. The summed E-state index contributed by atoms with van der Waals surface area (Å²) in [4.78, 5) is 38.4. The van der Waals surface area contributed by atoms with Crippen molar-refractivity contribution in [2.75, 3.05) is 0 Å². The molecule has 3 atom stereocenters. The molecule has 3 rings (SSSR count). The molecule has 2 saturated carbocycles. The van der Waals surface area contributed by atoms with Crippen LogP contribution in [0.5, 0.6) is 0 Å². The number of hydroxylamine groups is 2. The number of imide groups is 1. The van der Waals surface area contributed by atoms with Crippen molar-refractivity contribution in [2.24, 2.45) is 11.8 Å². The molecule has 92 valence electrons. The minimum absolute atomic E-state index is 0.0969. The van der Waals surface area contributed by atoms with Gasteiger partial charge in [-0.05, 0) is 31.1 Å². The molecule has 6 heteroatoms. The molecule has 3 fully saturated rings. The van der Waals surface area contributed by atoms with Gasteiger partial charge in [0.1, 0.15) is 6.10 Å². The van der Waals surface area contributed by atoms with E-state index in [1.807, 2.05) is 0 Å². The molecule has 2 aliphatic carbocycles. The Morgan fingerprint density at radius 3 is 2.24 bits per heavy atom. The Labute approximate surface area is 97.8 Å². The lowest BCUT2D eigenvalue weighted by molar-refractivity contribution is -0.178. The Morgan fingerprint density at radius 2 is 1.65 bits per heavy atom. The van der Waals surface area contributed by atoms with E-state index in [1.54, 1.807) is 0 Å². The molecule has 0 radical (unpaired) electrons. The lowest BCUT2D eigenvalue weighted by Crippen LogP contribution is -2.33. The molecule has 1 heterocycles. The van der Waals surface area contributed by atoms with Gasteiger partial charge in [-0.2, -0.15) is 0 Å². The summed E-state index contributed by atoms with van der Waals surface area (Å²) in [7, 11) is 0. The van der Waals surface area contributed by atoms with Crippen molar-refractivity contribution in [1.29, 1.82) is 0 Å². The largest absolute Gasteiger partial charge is 0.534 e. The Bertz CT molecular complexity index is 367. The first-order chi connectivity index (χ1) is 8.13. The molecule has 0 aromatic rings. The molecular weight excluding hydrogens is 226 g/mol. The number of hydrogen-bond acceptors (Lipinski definition) is 5. The Balaban J connectivity index is 1.49. The zero-order valence-corrected chi connectivity index (χ0v) is 9.26. The predicted octanol–water partition coefficient (Wildman–Crippen LogP) is 1.00. The molecule has 0 N–H and O–H groups in total. The SMILES string of the molecule is O=C(O[C@H]1C[C@@H]2C[C@@H]2C1)ON1C(=O)CCC1=O. The lowest BCUT2D eigenvalue weighted by atomic mass is 10.2. The van der Waals surface area contributed by atoms with Crippen LogP contribution >= 0.6 is 0 Å². The van der Waals surface area contributed by atoms with E-state index in [-0.39, 0.29) is 18.9 Å². The van der Waals surface area contributed by atoms with Crippen LogP contribution in [0.25, 0.3) is 0 Å². The number of amides is 2. The van der Waals surface area contributed by atoms with Gasteiger partial charge >= 0.3 is 6.16 Å². The van der Waals surface area contributed by atoms with Crippen molar-refractivity contribution < 1.29 is 24.0 Å². The van der Waals surface area contributed by atoms with Gasteiger partial charge in [0.15, 0.2) is 0 Å². The first-order valence-electron chi connectivity index (χ1n) is 5.88. The van der Waals surface area contributed by atoms with Crippen LogP contribution in [-0.4, -0.2) is 29.1 Å². The van der Waals surface area contributed by atoms with Gasteiger partial charge in [-0.15, -0.1) is 0 Å². The van der Waals surface area contributed by atoms with Gasteiger partial charge in [0.25, 0.3) is 11.8 Å². The molecule has 17 heavy (non-hydrogen) atoms. The van der Waals surface area contributed by atoms with E-state index >= 15 is 0 Å². The highest BCUT2D eigenvalue weighted by molar-refractivity contribution is 6.01. The fourth-order valence-electron chi connectivity index (χ4n) is 2.65. The van der Waals surface area contributed by atoms with Crippen LogP contribution in [-0.2, 0) is 19.2 Å².